The second kappa shape index (κ2) is 8.76. The molecule has 0 aliphatic rings. The molecule has 0 saturated carbocycles. The highest BCUT2D eigenvalue weighted by molar-refractivity contribution is 7.93. The molecule has 6 nitrogen and oxygen atoms in total. The molecule has 2 N–H and O–H groups in total. The Morgan fingerprint density at radius 2 is 1.74 bits per heavy atom. The first-order valence-electron chi connectivity index (χ1n) is 9.54. The Kier molecular flexibility index (Phi) is 6.47. The van der Waals surface area contributed by atoms with E-state index in [1.165, 1.54) is 30.3 Å². The lowest BCUT2D eigenvalue weighted by molar-refractivity contribution is 0.174. The minimum absolute atomic E-state index is 0.0323. The average molecular weight is 463 g/mol. The Hall–Kier alpha value is -2.78. The molecule has 3 aromatic rings. The van der Waals surface area contributed by atoms with Crippen LogP contribution in [0.3, 0.4) is 0 Å². The molecule has 0 aliphatic carbocycles. The van der Waals surface area contributed by atoms with Crippen LogP contribution in [0.1, 0.15) is 25.8 Å². The summed E-state index contributed by atoms with van der Waals surface area (Å²) in [6, 6.07) is 13.2. The molecule has 2 aromatic carbocycles. The van der Waals surface area contributed by atoms with E-state index in [2.05, 4.69) is 10.3 Å². The van der Waals surface area contributed by atoms with E-state index in [-0.39, 0.29) is 26.8 Å². The molecule has 31 heavy (non-hydrogen) atoms. The first kappa shape index (κ1) is 22.9. The predicted molar refractivity (Wildman–Crippen MR) is 118 cm³/mol. The Morgan fingerprint density at radius 3 is 2.32 bits per heavy atom. The number of sulfone groups is 1. The third-order valence-electron chi connectivity index (χ3n) is 4.79. The monoisotopic (exact) mass is 462 g/mol. The van der Waals surface area contributed by atoms with Crippen molar-refractivity contribution in [3.05, 3.63) is 65.4 Å². The van der Waals surface area contributed by atoms with Crippen LogP contribution < -0.4 is 5.32 Å². The topological polar surface area (TPSA) is 96.4 Å². The first-order chi connectivity index (χ1) is 14.5. The lowest BCUT2D eigenvalue weighted by Gasteiger charge is -2.29. The summed E-state index contributed by atoms with van der Waals surface area (Å²) in [6.07, 6.45) is -1.00. The largest absolute Gasteiger partial charge is 0.465 e. The normalized spacial score (nSPS) is 13.0. The van der Waals surface area contributed by atoms with Crippen LogP contribution >= 0.6 is 11.3 Å². The molecule has 3 rings (SSSR count). The summed E-state index contributed by atoms with van der Waals surface area (Å²) < 4.78 is 41.2. The van der Waals surface area contributed by atoms with Gasteiger partial charge in [0, 0.05) is 18.0 Å². The van der Waals surface area contributed by atoms with E-state index in [1.807, 2.05) is 20.8 Å². The quantitative estimate of drug-likeness (QED) is 0.537. The summed E-state index contributed by atoms with van der Waals surface area (Å²) in [4.78, 5) is 15.8. The second-order valence-electron chi connectivity index (χ2n) is 8.11. The Morgan fingerprint density at radius 1 is 1.13 bits per heavy atom. The van der Waals surface area contributed by atoms with Gasteiger partial charge in [0.1, 0.15) is 11.5 Å². The number of amides is 1. The SMILES string of the molecule is CC(C)(C)C(Cc1nc(-c2ccccc2F)c(S(=O)(=O)c2ccccc2)s1)NC(=O)O. The van der Waals surface area contributed by atoms with E-state index < -0.39 is 33.2 Å². The van der Waals surface area contributed by atoms with Crippen LogP contribution in [0, 0.1) is 11.2 Å². The lowest BCUT2D eigenvalue weighted by Crippen LogP contribution is -2.44. The molecule has 0 fully saturated rings. The zero-order valence-electron chi connectivity index (χ0n) is 17.3. The third-order valence-corrected chi connectivity index (χ3v) is 8.14. The summed E-state index contributed by atoms with van der Waals surface area (Å²) in [5.74, 6) is -0.583. The molecular weight excluding hydrogens is 439 g/mol. The molecule has 1 aromatic heterocycles. The smallest absolute Gasteiger partial charge is 0.404 e. The van der Waals surface area contributed by atoms with Gasteiger partial charge in [0.15, 0.2) is 4.21 Å². The first-order valence-corrected chi connectivity index (χ1v) is 11.8. The number of hydrogen-bond acceptors (Lipinski definition) is 5. The molecular formula is C22H23FN2O4S2. The highest BCUT2D eigenvalue weighted by Gasteiger charge is 2.32. The maximum absolute atomic E-state index is 14.6. The predicted octanol–water partition coefficient (Wildman–Crippen LogP) is 5.01. The molecule has 1 atom stereocenters. The summed E-state index contributed by atoms with van der Waals surface area (Å²) in [5.41, 5.74) is -0.330. The van der Waals surface area contributed by atoms with Crippen molar-refractivity contribution < 1.29 is 22.7 Å². The molecule has 0 radical (unpaired) electrons. The van der Waals surface area contributed by atoms with Crippen molar-refractivity contribution in [1.29, 1.82) is 0 Å². The maximum atomic E-state index is 14.6. The molecule has 1 heterocycles. The highest BCUT2D eigenvalue weighted by atomic mass is 32.2. The number of benzene rings is 2. The highest BCUT2D eigenvalue weighted by Crippen LogP contribution is 2.38. The van der Waals surface area contributed by atoms with E-state index in [9.17, 15) is 22.7 Å². The summed E-state index contributed by atoms with van der Waals surface area (Å²) in [7, 11) is -3.96. The van der Waals surface area contributed by atoms with E-state index in [0.29, 0.717) is 5.01 Å². The van der Waals surface area contributed by atoms with Gasteiger partial charge in [-0.3, -0.25) is 0 Å². The van der Waals surface area contributed by atoms with Gasteiger partial charge in [0.2, 0.25) is 9.84 Å². The number of hydrogen-bond donors (Lipinski definition) is 2. The Balaban J connectivity index is 2.15. The van der Waals surface area contributed by atoms with Crippen molar-refractivity contribution in [1.82, 2.24) is 10.3 Å². The molecule has 164 valence electrons. The summed E-state index contributed by atoms with van der Waals surface area (Å²) in [6.45, 7) is 5.63. The number of carbonyl (C=O) groups is 1. The van der Waals surface area contributed by atoms with E-state index in [4.69, 9.17) is 0 Å². The molecule has 0 aliphatic heterocycles. The number of rotatable bonds is 6. The molecule has 0 spiro atoms. The number of thiazole rings is 1. The van der Waals surface area contributed by atoms with Gasteiger partial charge in [0.05, 0.1) is 9.90 Å². The minimum atomic E-state index is -3.96. The van der Waals surface area contributed by atoms with Gasteiger partial charge >= 0.3 is 6.09 Å². The molecule has 0 bridgehead atoms. The number of halogens is 1. The molecule has 1 unspecified atom stereocenters. The molecule has 9 heteroatoms. The summed E-state index contributed by atoms with van der Waals surface area (Å²) >= 11 is 0.938. The standard InChI is InChI=1S/C22H23FN2O4S2/c1-22(2,3)17(24-21(26)27)13-18-25-19(15-11-7-8-12-16(15)23)20(30-18)31(28,29)14-9-5-4-6-10-14/h4-12,17,24H,13H2,1-3H3,(H,26,27). The van der Waals surface area contributed by atoms with Crippen molar-refractivity contribution in [2.75, 3.05) is 0 Å². The van der Waals surface area contributed by atoms with Crippen LogP contribution in [0.4, 0.5) is 9.18 Å². The fourth-order valence-corrected chi connectivity index (χ4v) is 6.05. The van der Waals surface area contributed by atoms with E-state index in [0.717, 1.165) is 11.3 Å². The van der Waals surface area contributed by atoms with Crippen LogP contribution in [0.2, 0.25) is 0 Å². The number of carboxylic acid groups (broad SMARTS) is 1. The van der Waals surface area contributed by atoms with Crippen molar-refractivity contribution in [3.8, 4) is 11.3 Å². The number of nitrogens with one attached hydrogen (secondary N) is 1. The van der Waals surface area contributed by atoms with E-state index in [1.54, 1.807) is 24.3 Å². The number of aromatic nitrogens is 1. The second-order valence-corrected chi connectivity index (χ2v) is 11.3. The molecule has 1 amide bonds. The van der Waals surface area contributed by atoms with Crippen molar-refractivity contribution in [2.45, 2.75) is 42.3 Å². The van der Waals surface area contributed by atoms with Crippen molar-refractivity contribution in [3.63, 3.8) is 0 Å². The Labute approximate surface area is 184 Å². The number of nitrogens with zero attached hydrogens (tertiary/aromatic N) is 1. The molecule has 0 saturated heterocycles. The average Bonchev–Trinajstić information content (AvgIpc) is 3.12. The van der Waals surface area contributed by atoms with Gasteiger partial charge in [-0.2, -0.15) is 0 Å². The van der Waals surface area contributed by atoms with Crippen molar-refractivity contribution >= 4 is 27.3 Å². The maximum Gasteiger partial charge on any atom is 0.404 e. The van der Waals surface area contributed by atoms with Gasteiger partial charge in [-0.1, -0.05) is 51.1 Å². The van der Waals surface area contributed by atoms with E-state index >= 15 is 0 Å². The van der Waals surface area contributed by atoms with Gasteiger partial charge in [0.25, 0.3) is 0 Å². The van der Waals surface area contributed by atoms with Crippen molar-refractivity contribution in [2.24, 2.45) is 5.41 Å². The zero-order chi connectivity index (χ0) is 22.8. The van der Waals surface area contributed by atoms with Gasteiger partial charge in [-0.15, -0.1) is 11.3 Å². The van der Waals surface area contributed by atoms with Crippen LogP contribution in [-0.4, -0.2) is 30.6 Å². The van der Waals surface area contributed by atoms with Crippen LogP contribution in [0.15, 0.2) is 63.7 Å². The minimum Gasteiger partial charge on any atom is -0.465 e. The van der Waals surface area contributed by atoms with Crippen LogP contribution in [-0.2, 0) is 16.3 Å². The summed E-state index contributed by atoms with van der Waals surface area (Å²) in [5, 5.41) is 12.1. The third kappa shape index (κ3) is 5.11. The van der Waals surface area contributed by atoms with Gasteiger partial charge in [-0.05, 0) is 29.7 Å². The van der Waals surface area contributed by atoms with Gasteiger partial charge < -0.3 is 10.4 Å². The lowest BCUT2D eigenvalue weighted by atomic mass is 9.85. The van der Waals surface area contributed by atoms with Gasteiger partial charge in [-0.25, -0.2) is 22.6 Å². The zero-order valence-corrected chi connectivity index (χ0v) is 18.9. The van der Waals surface area contributed by atoms with Crippen LogP contribution in [0.5, 0.6) is 0 Å². The van der Waals surface area contributed by atoms with Crippen LogP contribution in [0.25, 0.3) is 11.3 Å². The Bertz CT molecular complexity index is 1190. The fourth-order valence-electron chi connectivity index (χ4n) is 3.05. The fraction of sp³-hybridized carbons (Fsp3) is 0.273.